The maximum atomic E-state index is 8.85. The van der Waals surface area contributed by atoms with E-state index in [-0.39, 0.29) is 32.3 Å². The van der Waals surface area contributed by atoms with E-state index in [0.29, 0.717) is 5.75 Å². The molecule has 0 saturated carbocycles. The molecule has 0 unspecified atom stereocenters. The van der Waals surface area contributed by atoms with Crippen molar-refractivity contribution >= 4 is 0 Å². The molecule has 0 aliphatic carbocycles. The second kappa shape index (κ2) is 4.86. The minimum absolute atomic E-state index is 0. The van der Waals surface area contributed by atoms with Crippen LogP contribution < -0.4 is 0 Å². The summed E-state index contributed by atoms with van der Waals surface area (Å²) in [6.45, 7) is 2.09. The molecule has 0 bridgehead atoms. The number of rotatable bonds is 1. The standard InChI is InChI=1S/C8H10O.Pa/c1-2-7-3-5-8(9)6-4-7;/h3-6,9H,2H2,1H3;. The van der Waals surface area contributed by atoms with E-state index in [1.54, 1.807) is 12.1 Å². The van der Waals surface area contributed by atoms with E-state index >= 15 is 0 Å². The number of benzene rings is 1. The Kier molecular flexibility index (Phi) is 4.91. The number of hydrogen-bond acceptors (Lipinski definition) is 1. The number of aromatic hydroxyl groups is 1. The fourth-order valence-corrected chi connectivity index (χ4v) is 0.732. The van der Waals surface area contributed by atoms with Crippen molar-refractivity contribution in [2.75, 3.05) is 0 Å². The molecule has 2 heteroatoms. The molecule has 0 heterocycles. The molecule has 1 nitrogen and oxygen atoms in total. The van der Waals surface area contributed by atoms with Gasteiger partial charge in [0.1, 0.15) is 5.75 Å². The van der Waals surface area contributed by atoms with Gasteiger partial charge >= 0.3 is 0 Å². The first-order valence-electron chi connectivity index (χ1n) is 3.11. The first-order valence-corrected chi connectivity index (χ1v) is 3.11. The van der Waals surface area contributed by atoms with Gasteiger partial charge in [0.2, 0.25) is 0 Å². The number of aryl methyl sites for hydroxylation is 1. The smallest absolute Gasteiger partial charge is 0.115 e. The largest absolute Gasteiger partial charge is 0.508 e. The van der Waals surface area contributed by atoms with Crippen LogP contribution in [-0.2, 0) is 6.42 Å². The first kappa shape index (κ1) is 10.1. The van der Waals surface area contributed by atoms with Crippen LogP contribution in [0.1, 0.15) is 12.5 Å². The van der Waals surface area contributed by atoms with E-state index < -0.39 is 0 Å². The number of hydrogen-bond donors (Lipinski definition) is 1. The van der Waals surface area contributed by atoms with Gasteiger partial charge in [-0.2, -0.15) is 0 Å². The van der Waals surface area contributed by atoms with E-state index in [2.05, 4.69) is 6.92 Å². The molecule has 1 aromatic rings. The summed E-state index contributed by atoms with van der Waals surface area (Å²) in [5.41, 5.74) is 1.26. The zero-order chi connectivity index (χ0) is 6.69. The Bertz CT molecular complexity index is 181. The molecule has 0 aromatic heterocycles. The summed E-state index contributed by atoms with van der Waals surface area (Å²) in [6.07, 6.45) is 1.03. The van der Waals surface area contributed by atoms with Gasteiger partial charge in [-0.1, -0.05) is 19.1 Å². The van der Waals surface area contributed by atoms with Gasteiger partial charge in [0, 0.05) is 32.3 Å². The summed E-state index contributed by atoms with van der Waals surface area (Å²) in [5.74, 6) is 0.340. The Morgan fingerprint density at radius 1 is 1.20 bits per heavy atom. The molecule has 1 rings (SSSR count). The van der Waals surface area contributed by atoms with Crippen LogP contribution in [-0.4, -0.2) is 5.11 Å². The molecular formula is C8H10OPa. The zero-order valence-electron chi connectivity index (χ0n) is 6.04. The SMILES string of the molecule is CCc1ccc(O)cc1.[Pa]. The minimum atomic E-state index is 0. The van der Waals surface area contributed by atoms with E-state index in [1.807, 2.05) is 12.1 Å². The first-order chi connectivity index (χ1) is 4.33. The maximum absolute atomic E-state index is 8.85. The topological polar surface area (TPSA) is 20.2 Å². The van der Waals surface area contributed by atoms with E-state index in [1.165, 1.54) is 5.56 Å². The summed E-state index contributed by atoms with van der Waals surface area (Å²) in [5, 5.41) is 8.85. The molecule has 0 aliphatic heterocycles. The fraction of sp³-hybridized carbons (Fsp3) is 0.250. The summed E-state index contributed by atoms with van der Waals surface area (Å²) >= 11 is 0. The Morgan fingerprint density at radius 2 is 1.70 bits per heavy atom. The van der Waals surface area contributed by atoms with Crippen LogP contribution >= 0.6 is 0 Å². The van der Waals surface area contributed by atoms with Gasteiger partial charge in [0.15, 0.2) is 0 Å². The van der Waals surface area contributed by atoms with Gasteiger partial charge in [-0.05, 0) is 24.1 Å². The van der Waals surface area contributed by atoms with Crippen molar-refractivity contribution in [1.29, 1.82) is 0 Å². The number of phenols is 1. The third-order valence-electron chi connectivity index (χ3n) is 1.34. The van der Waals surface area contributed by atoms with Crippen LogP contribution in [0.3, 0.4) is 0 Å². The molecule has 51 valence electrons. The Morgan fingerprint density at radius 3 is 2.10 bits per heavy atom. The second-order valence-corrected chi connectivity index (χ2v) is 2.02. The van der Waals surface area contributed by atoms with E-state index in [9.17, 15) is 0 Å². The summed E-state index contributed by atoms with van der Waals surface area (Å²) in [6, 6.07) is 7.27. The Balaban J connectivity index is 0.000000810. The van der Waals surface area contributed by atoms with Crippen molar-refractivity contribution in [3.05, 3.63) is 29.8 Å². The van der Waals surface area contributed by atoms with Gasteiger partial charge in [-0.15, -0.1) is 0 Å². The molecule has 0 saturated heterocycles. The van der Waals surface area contributed by atoms with Gasteiger partial charge in [0.05, 0.1) is 0 Å². The monoisotopic (exact) mass is 353 g/mol. The molecular weight excluding hydrogens is 343 g/mol. The second-order valence-electron chi connectivity index (χ2n) is 2.02. The van der Waals surface area contributed by atoms with Crippen LogP contribution in [0.5, 0.6) is 5.75 Å². The fourth-order valence-electron chi connectivity index (χ4n) is 0.732. The summed E-state index contributed by atoms with van der Waals surface area (Å²) in [4.78, 5) is 0. The quantitative estimate of drug-likeness (QED) is 0.819. The molecule has 0 amide bonds. The minimum Gasteiger partial charge on any atom is -0.508 e. The Hall–Kier alpha value is 0.111. The van der Waals surface area contributed by atoms with Crippen molar-refractivity contribution in [3.8, 4) is 5.75 Å². The third-order valence-corrected chi connectivity index (χ3v) is 1.34. The van der Waals surface area contributed by atoms with Crippen molar-refractivity contribution in [1.82, 2.24) is 0 Å². The average molecular weight is 353 g/mol. The van der Waals surface area contributed by atoms with Crippen LogP contribution in [0, 0.1) is 32.3 Å². The van der Waals surface area contributed by atoms with Gasteiger partial charge < -0.3 is 5.11 Å². The molecule has 1 radical (unpaired) electrons. The molecule has 0 atom stereocenters. The van der Waals surface area contributed by atoms with Gasteiger partial charge in [0.25, 0.3) is 0 Å². The molecule has 10 heavy (non-hydrogen) atoms. The van der Waals surface area contributed by atoms with E-state index in [0.717, 1.165) is 6.42 Å². The van der Waals surface area contributed by atoms with Crippen molar-refractivity contribution in [3.63, 3.8) is 0 Å². The van der Waals surface area contributed by atoms with Crippen molar-refractivity contribution < 1.29 is 37.4 Å². The molecule has 1 aromatic carbocycles. The van der Waals surface area contributed by atoms with Gasteiger partial charge in [-0.25, -0.2) is 0 Å². The van der Waals surface area contributed by atoms with Crippen LogP contribution in [0.15, 0.2) is 24.3 Å². The summed E-state index contributed by atoms with van der Waals surface area (Å²) in [7, 11) is 0. The molecule has 0 spiro atoms. The number of phenolic OH excluding ortho intramolecular Hbond substituents is 1. The predicted octanol–water partition coefficient (Wildman–Crippen LogP) is 1.95. The van der Waals surface area contributed by atoms with Gasteiger partial charge in [-0.3, -0.25) is 0 Å². The maximum Gasteiger partial charge on any atom is 0.115 e. The summed E-state index contributed by atoms with van der Waals surface area (Å²) < 4.78 is 0. The Labute approximate surface area is 86.0 Å². The molecule has 1 N–H and O–H groups in total. The molecule has 0 aliphatic rings. The predicted molar refractivity (Wildman–Crippen MR) is 37.5 cm³/mol. The van der Waals surface area contributed by atoms with Crippen LogP contribution in [0.2, 0.25) is 0 Å². The van der Waals surface area contributed by atoms with E-state index in [4.69, 9.17) is 5.11 Å². The van der Waals surface area contributed by atoms with Crippen molar-refractivity contribution in [2.24, 2.45) is 0 Å². The average Bonchev–Trinajstić information content (AvgIpc) is 1.90. The third kappa shape index (κ3) is 2.80. The van der Waals surface area contributed by atoms with Crippen molar-refractivity contribution in [2.45, 2.75) is 13.3 Å². The zero-order valence-corrected chi connectivity index (χ0v) is 10.8. The van der Waals surface area contributed by atoms with Crippen LogP contribution in [0.4, 0.5) is 0 Å². The van der Waals surface area contributed by atoms with Crippen LogP contribution in [0.25, 0.3) is 0 Å². The molecule has 0 fully saturated rings. The normalized spacial score (nSPS) is 8.50.